The van der Waals surface area contributed by atoms with E-state index in [0.717, 1.165) is 52.1 Å². The summed E-state index contributed by atoms with van der Waals surface area (Å²) in [5.74, 6) is 1.44. The molecule has 0 saturated heterocycles. The van der Waals surface area contributed by atoms with Crippen LogP contribution in [-0.2, 0) is 17.6 Å². The summed E-state index contributed by atoms with van der Waals surface area (Å²) in [7, 11) is 0. The average Bonchev–Trinajstić information content (AvgIpc) is 2.87. The van der Waals surface area contributed by atoms with E-state index in [1.165, 1.54) is 0 Å². The van der Waals surface area contributed by atoms with Crippen molar-refractivity contribution in [2.75, 3.05) is 11.5 Å². The number of primary amides is 1. The third kappa shape index (κ3) is 6.40. The van der Waals surface area contributed by atoms with E-state index in [1.807, 2.05) is 45.0 Å². The van der Waals surface area contributed by atoms with E-state index in [2.05, 4.69) is 6.92 Å². The minimum absolute atomic E-state index is 0. The third-order valence-corrected chi connectivity index (χ3v) is 7.40. The lowest BCUT2D eigenvalue weighted by Crippen LogP contribution is -2.38. The van der Waals surface area contributed by atoms with Gasteiger partial charge < -0.3 is 26.0 Å². The molecule has 1 amide bonds. The average molecular weight is 553 g/mol. The first-order chi connectivity index (χ1) is 18.0. The number of aromatic hydroxyl groups is 1. The number of phenols is 1. The molecule has 3 aromatic rings. The van der Waals surface area contributed by atoms with Crippen molar-refractivity contribution in [2.24, 2.45) is 11.5 Å². The number of fused-ring (bicyclic) bond motifs is 1. The van der Waals surface area contributed by atoms with Crippen molar-refractivity contribution in [1.82, 2.24) is 0 Å². The zero-order valence-electron chi connectivity index (χ0n) is 22.8. The second-order valence-corrected chi connectivity index (χ2v) is 10.2. The van der Waals surface area contributed by atoms with Crippen LogP contribution in [0.1, 0.15) is 47.6 Å². The van der Waals surface area contributed by atoms with Crippen LogP contribution in [-0.4, -0.2) is 29.2 Å². The summed E-state index contributed by atoms with van der Waals surface area (Å²) in [6.07, 6.45) is 2.57. The van der Waals surface area contributed by atoms with Crippen LogP contribution in [0.5, 0.6) is 17.2 Å². The number of nitrogens with two attached hydrogens (primary N) is 2. The van der Waals surface area contributed by atoms with Crippen molar-refractivity contribution >= 4 is 35.6 Å². The van der Waals surface area contributed by atoms with Gasteiger partial charge in [-0.05, 0) is 99.2 Å². The van der Waals surface area contributed by atoms with E-state index in [0.29, 0.717) is 30.2 Å². The fourth-order valence-corrected chi connectivity index (χ4v) is 4.94. The number of benzene rings is 3. The van der Waals surface area contributed by atoms with Crippen LogP contribution >= 0.6 is 12.4 Å². The number of carbonyl (C=O) groups is 1. The maximum atomic E-state index is 11.2. The van der Waals surface area contributed by atoms with Gasteiger partial charge in [-0.3, -0.25) is 15.1 Å². The molecule has 0 spiro atoms. The molecule has 39 heavy (non-hydrogen) atoms. The Morgan fingerprint density at radius 3 is 2.18 bits per heavy atom. The Morgan fingerprint density at radius 2 is 1.62 bits per heavy atom. The van der Waals surface area contributed by atoms with Crippen molar-refractivity contribution in [1.29, 1.82) is 5.41 Å². The maximum Gasteiger partial charge on any atom is 0.221 e. The maximum absolute atomic E-state index is 11.2. The Bertz CT molecular complexity index is 1360. The Kier molecular flexibility index (Phi) is 9.02. The molecule has 208 valence electrons. The minimum atomic E-state index is -0.397. The standard InChI is InChI=1S/C30H36N4O4.ClH/c1-18-19(2)28-25(20(3)27(18)36)13-14-30(4,38-28)15-16-37-24-11-9-23(10-12-24)34(29(32)33)22-7-5-21(6-8-22)17-26(31)35;/h5-12,36H,13-17H2,1-4H3,(H2,31,35)(H3,32,33);1H. The lowest BCUT2D eigenvalue weighted by Gasteiger charge is -2.38. The fraction of sp³-hybridized carbons (Fsp3) is 0.333. The summed E-state index contributed by atoms with van der Waals surface area (Å²) in [5.41, 5.74) is 16.9. The number of nitrogens with zero attached hydrogens (tertiary/aromatic N) is 1. The molecule has 1 aliphatic rings. The van der Waals surface area contributed by atoms with Crippen LogP contribution in [0.2, 0.25) is 0 Å². The van der Waals surface area contributed by atoms with E-state index in [4.69, 9.17) is 26.4 Å². The first-order valence-electron chi connectivity index (χ1n) is 12.7. The van der Waals surface area contributed by atoms with Gasteiger partial charge in [0.1, 0.15) is 22.8 Å². The Morgan fingerprint density at radius 1 is 1.03 bits per heavy atom. The van der Waals surface area contributed by atoms with Gasteiger partial charge in [-0.2, -0.15) is 0 Å². The summed E-state index contributed by atoms with van der Waals surface area (Å²) < 4.78 is 12.5. The third-order valence-electron chi connectivity index (χ3n) is 7.40. The number of rotatable bonds is 8. The molecular formula is C30H37ClN4O4. The number of ether oxygens (including phenoxy) is 2. The number of phenolic OH excluding ortho intramolecular Hbond substituents is 1. The first kappa shape index (κ1) is 29.6. The van der Waals surface area contributed by atoms with Gasteiger partial charge in [0.05, 0.1) is 13.0 Å². The van der Waals surface area contributed by atoms with Crippen LogP contribution in [0, 0.1) is 26.2 Å². The number of guanidine groups is 1. The molecule has 1 aliphatic heterocycles. The van der Waals surface area contributed by atoms with Gasteiger partial charge in [0.25, 0.3) is 0 Å². The Balaban J connectivity index is 0.00000420. The quantitative estimate of drug-likeness (QED) is 0.220. The Labute approximate surface area is 235 Å². The smallest absolute Gasteiger partial charge is 0.221 e. The zero-order chi connectivity index (χ0) is 27.6. The molecule has 0 saturated carbocycles. The largest absolute Gasteiger partial charge is 0.507 e. The first-order valence-corrected chi connectivity index (χ1v) is 12.7. The van der Waals surface area contributed by atoms with Gasteiger partial charge in [0, 0.05) is 23.4 Å². The molecule has 1 atom stereocenters. The van der Waals surface area contributed by atoms with Crippen LogP contribution in [0.3, 0.4) is 0 Å². The minimum Gasteiger partial charge on any atom is -0.507 e. The molecule has 1 unspecified atom stereocenters. The predicted octanol–water partition coefficient (Wildman–Crippen LogP) is 5.35. The number of carbonyl (C=O) groups excluding carboxylic acids is 1. The summed E-state index contributed by atoms with van der Waals surface area (Å²) in [5, 5.41) is 18.5. The SMILES string of the molecule is Cc1c(C)c2c(c(C)c1O)CCC(C)(CCOc1ccc(N(C(=N)N)c3ccc(CC(N)=O)cc3)cc1)O2.Cl. The monoisotopic (exact) mass is 552 g/mol. The van der Waals surface area contributed by atoms with Gasteiger partial charge in [0.2, 0.25) is 5.91 Å². The molecule has 3 aromatic carbocycles. The van der Waals surface area contributed by atoms with Crippen molar-refractivity contribution in [3.05, 3.63) is 76.3 Å². The molecule has 8 nitrogen and oxygen atoms in total. The van der Waals surface area contributed by atoms with E-state index in [-0.39, 0.29) is 30.4 Å². The highest BCUT2D eigenvalue weighted by atomic mass is 35.5. The molecule has 9 heteroatoms. The van der Waals surface area contributed by atoms with Gasteiger partial charge in [-0.25, -0.2) is 0 Å². The van der Waals surface area contributed by atoms with E-state index in [1.54, 1.807) is 29.2 Å². The molecule has 0 bridgehead atoms. The normalized spacial score (nSPS) is 15.9. The molecule has 0 aliphatic carbocycles. The number of anilines is 2. The summed E-state index contributed by atoms with van der Waals surface area (Å²) in [4.78, 5) is 12.8. The fourth-order valence-electron chi connectivity index (χ4n) is 4.94. The molecule has 1 heterocycles. The zero-order valence-corrected chi connectivity index (χ0v) is 23.7. The topological polar surface area (TPSA) is 135 Å². The van der Waals surface area contributed by atoms with Crippen molar-refractivity contribution in [3.8, 4) is 17.2 Å². The Hall–Kier alpha value is -3.91. The van der Waals surface area contributed by atoms with Crippen molar-refractivity contribution in [3.63, 3.8) is 0 Å². The molecule has 4 rings (SSSR count). The predicted molar refractivity (Wildman–Crippen MR) is 157 cm³/mol. The lowest BCUT2D eigenvalue weighted by atomic mass is 9.86. The van der Waals surface area contributed by atoms with E-state index >= 15 is 0 Å². The van der Waals surface area contributed by atoms with E-state index in [9.17, 15) is 9.90 Å². The molecular weight excluding hydrogens is 516 g/mol. The number of nitrogens with one attached hydrogen (secondary N) is 1. The van der Waals surface area contributed by atoms with Gasteiger partial charge in [-0.15, -0.1) is 12.4 Å². The molecule has 6 N–H and O–H groups in total. The van der Waals surface area contributed by atoms with Crippen LogP contribution < -0.4 is 25.8 Å². The van der Waals surface area contributed by atoms with Gasteiger partial charge in [-0.1, -0.05) is 12.1 Å². The highest BCUT2D eigenvalue weighted by molar-refractivity contribution is 5.99. The molecule has 0 fully saturated rings. The van der Waals surface area contributed by atoms with Gasteiger partial charge in [0.15, 0.2) is 5.96 Å². The summed E-state index contributed by atoms with van der Waals surface area (Å²) in [6, 6.07) is 14.6. The number of hydrogen-bond acceptors (Lipinski definition) is 5. The number of hydrogen-bond donors (Lipinski definition) is 4. The van der Waals surface area contributed by atoms with Crippen molar-refractivity contribution < 1.29 is 19.4 Å². The van der Waals surface area contributed by atoms with Crippen LogP contribution in [0.15, 0.2) is 48.5 Å². The van der Waals surface area contributed by atoms with Crippen LogP contribution in [0.4, 0.5) is 11.4 Å². The lowest BCUT2D eigenvalue weighted by molar-refractivity contribution is -0.117. The second kappa shape index (κ2) is 11.9. The van der Waals surface area contributed by atoms with Crippen LogP contribution in [0.25, 0.3) is 0 Å². The summed E-state index contributed by atoms with van der Waals surface area (Å²) >= 11 is 0. The number of amides is 1. The van der Waals surface area contributed by atoms with Gasteiger partial charge >= 0.3 is 0 Å². The number of halogens is 1. The second-order valence-electron chi connectivity index (χ2n) is 10.2. The molecule has 0 radical (unpaired) electrons. The van der Waals surface area contributed by atoms with E-state index < -0.39 is 5.91 Å². The highest BCUT2D eigenvalue weighted by Gasteiger charge is 2.34. The van der Waals surface area contributed by atoms with Crippen molar-refractivity contribution in [2.45, 2.75) is 59.0 Å². The summed E-state index contributed by atoms with van der Waals surface area (Å²) in [6.45, 7) is 8.46. The highest BCUT2D eigenvalue weighted by Crippen LogP contribution is 2.44. The molecule has 0 aromatic heterocycles.